The molecule has 4 rings (SSSR count). The predicted molar refractivity (Wildman–Crippen MR) is 144 cm³/mol. The average Bonchev–Trinajstić information content (AvgIpc) is 3.42. The monoisotopic (exact) mass is 522 g/mol. The van der Waals surface area contributed by atoms with Crippen LogP contribution in [-0.4, -0.2) is 59.3 Å². The number of hydrogen-bond acceptors (Lipinski definition) is 6. The van der Waals surface area contributed by atoms with E-state index < -0.39 is 35.2 Å². The van der Waals surface area contributed by atoms with Gasteiger partial charge in [-0.3, -0.25) is 9.69 Å². The Labute approximate surface area is 224 Å². The Bertz CT molecular complexity index is 1200. The van der Waals surface area contributed by atoms with Gasteiger partial charge in [-0.2, -0.15) is 0 Å². The molecule has 2 aliphatic rings. The first-order valence-electron chi connectivity index (χ1n) is 13.3. The number of carbonyl (C=O) groups excluding carboxylic acids is 3. The molecule has 1 saturated carbocycles. The third kappa shape index (κ3) is 6.01. The number of esters is 1. The smallest absolute Gasteiger partial charge is 0.411 e. The van der Waals surface area contributed by atoms with Gasteiger partial charge in [0.05, 0.1) is 19.3 Å². The fraction of sp³-hybridized carbons (Fsp3) is 0.500. The molecule has 0 aromatic heterocycles. The molecule has 1 saturated heterocycles. The third-order valence-corrected chi connectivity index (χ3v) is 7.19. The van der Waals surface area contributed by atoms with Crippen molar-refractivity contribution in [2.75, 3.05) is 13.2 Å². The summed E-state index contributed by atoms with van der Waals surface area (Å²) in [6, 6.07) is 13.3. The third-order valence-electron chi connectivity index (χ3n) is 7.19. The van der Waals surface area contributed by atoms with Crippen molar-refractivity contribution in [3.63, 3.8) is 0 Å². The number of nitrogens with one attached hydrogen (secondary N) is 1. The van der Waals surface area contributed by atoms with Gasteiger partial charge in [-0.15, -0.1) is 0 Å². The Morgan fingerprint density at radius 2 is 1.89 bits per heavy atom. The summed E-state index contributed by atoms with van der Waals surface area (Å²) in [5, 5.41) is 5.16. The Kier molecular flexibility index (Phi) is 8.11. The second-order valence-electron chi connectivity index (χ2n) is 11.1. The molecule has 2 amide bonds. The van der Waals surface area contributed by atoms with Crippen LogP contribution in [0.4, 0.5) is 4.79 Å². The summed E-state index contributed by atoms with van der Waals surface area (Å²) in [6.07, 6.45) is 2.06. The van der Waals surface area contributed by atoms with Gasteiger partial charge in [-0.05, 0) is 49.4 Å². The molecule has 1 heterocycles. The van der Waals surface area contributed by atoms with Crippen molar-refractivity contribution in [2.45, 2.75) is 76.9 Å². The van der Waals surface area contributed by atoms with Crippen LogP contribution in [0.3, 0.4) is 0 Å². The molecule has 4 atom stereocenters. The minimum absolute atomic E-state index is 0.0152. The lowest BCUT2D eigenvalue weighted by Crippen LogP contribution is -2.54. The first-order valence-corrected chi connectivity index (χ1v) is 13.3. The van der Waals surface area contributed by atoms with Crippen LogP contribution in [0.25, 0.3) is 10.8 Å². The van der Waals surface area contributed by atoms with Gasteiger partial charge >= 0.3 is 12.1 Å². The molecular formula is C30H38N2O6. The van der Waals surface area contributed by atoms with Crippen LogP contribution in [-0.2, 0) is 30.4 Å². The van der Waals surface area contributed by atoms with Gasteiger partial charge in [0.2, 0.25) is 5.91 Å². The van der Waals surface area contributed by atoms with E-state index in [4.69, 9.17) is 14.2 Å². The Morgan fingerprint density at radius 3 is 2.58 bits per heavy atom. The van der Waals surface area contributed by atoms with Crippen molar-refractivity contribution in [2.24, 2.45) is 5.92 Å². The summed E-state index contributed by atoms with van der Waals surface area (Å²) in [6.45, 7) is 11.5. The maximum absolute atomic E-state index is 13.6. The van der Waals surface area contributed by atoms with Crippen LogP contribution >= 0.6 is 0 Å². The lowest BCUT2D eigenvalue weighted by Gasteiger charge is -2.29. The maximum Gasteiger partial charge on any atom is 0.411 e. The van der Waals surface area contributed by atoms with Crippen LogP contribution in [0, 0.1) is 5.92 Å². The molecule has 0 bridgehead atoms. The Balaban J connectivity index is 1.50. The highest BCUT2D eigenvalue weighted by atomic mass is 16.6. The van der Waals surface area contributed by atoms with Gasteiger partial charge in [-0.1, -0.05) is 68.5 Å². The van der Waals surface area contributed by atoms with Crippen molar-refractivity contribution in [1.29, 1.82) is 0 Å². The highest BCUT2D eigenvalue weighted by Crippen LogP contribution is 2.47. The number of nitrogens with zero attached hydrogens (tertiary/aromatic N) is 1. The summed E-state index contributed by atoms with van der Waals surface area (Å²) < 4.78 is 17.1. The van der Waals surface area contributed by atoms with Gasteiger partial charge in [0, 0.05) is 6.42 Å². The molecule has 1 aliphatic heterocycles. The quantitative estimate of drug-likeness (QED) is 0.377. The van der Waals surface area contributed by atoms with Crippen LogP contribution in [0.5, 0.6) is 0 Å². The van der Waals surface area contributed by atoms with Gasteiger partial charge < -0.3 is 19.5 Å². The summed E-state index contributed by atoms with van der Waals surface area (Å²) in [4.78, 5) is 40.9. The number of carbonyl (C=O) groups is 3. The summed E-state index contributed by atoms with van der Waals surface area (Å²) in [7, 11) is 0. The standard InChI is InChI=1S/C30H38N2O6/c1-6-15-36-27(34)30(17-22(30)7-2)31-26(33)25-16-23(18-32(25)28(35)38-29(3,4)5)37-19-21-13-10-12-20-11-8-9-14-24(20)21/h6,8-14,22-23,25H,1,7,15-19H2,2-5H3,(H,31,33)/t22-,23+,25-,30+/m0/s1. The van der Waals surface area contributed by atoms with Crippen molar-refractivity contribution >= 4 is 28.7 Å². The molecule has 38 heavy (non-hydrogen) atoms. The number of rotatable bonds is 9. The van der Waals surface area contributed by atoms with Gasteiger partial charge in [-0.25, -0.2) is 9.59 Å². The minimum atomic E-state index is -1.07. The molecule has 204 valence electrons. The van der Waals surface area contributed by atoms with Crippen LogP contribution in [0.1, 0.15) is 52.5 Å². The number of fused-ring (bicyclic) bond motifs is 1. The van der Waals surface area contributed by atoms with Crippen LogP contribution in [0.2, 0.25) is 0 Å². The van der Waals surface area contributed by atoms with E-state index in [9.17, 15) is 14.4 Å². The minimum Gasteiger partial charge on any atom is -0.460 e. The fourth-order valence-electron chi connectivity index (χ4n) is 5.16. The summed E-state index contributed by atoms with van der Waals surface area (Å²) in [5.74, 6) is -0.889. The molecule has 2 aromatic rings. The van der Waals surface area contributed by atoms with Crippen molar-refractivity contribution in [1.82, 2.24) is 10.2 Å². The van der Waals surface area contributed by atoms with E-state index in [-0.39, 0.29) is 25.2 Å². The lowest BCUT2D eigenvalue weighted by molar-refractivity contribution is -0.149. The molecule has 8 heteroatoms. The highest BCUT2D eigenvalue weighted by molar-refractivity contribution is 5.94. The summed E-state index contributed by atoms with van der Waals surface area (Å²) >= 11 is 0. The zero-order valence-corrected chi connectivity index (χ0v) is 22.7. The first kappa shape index (κ1) is 27.6. The second kappa shape index (κ2) is 11.2. The van der Waals surface area contributed by atoms with Gasteiger partial charge in [0.15, 0.2) is 0 Å². The number of likely N-dealkylation sites (tertiary alicyclic amines) is 1. The SMILES string of the molecule is C=CCOC(=O)[C@@]1(NC(=O)[C@@H]2C[C@@H](OCc3cccc4ccccc34)CN2C(=O)OC(C)(C)C)C[C@@H]1CC. The van der Waals surface area contributed by atoms with E-state index in [2.05, 4.69) is 30.1 Å². The lowest BCUT2D eigenvalue weighted by atomic mass is 10.1. The van der Waals surface area contributed by atoms with Gasteiger partial charge in [0.25, 0.3) is 0 Å². The Morgan fingerprint density at radius 1 is 1.16 bits per heavy atom. The van der Waals surface area contributed by atoms with Crippen LogP contribution < -0.4 is 5.32 Å². The van der Waals surface area contributed by atoms with E-state index >= 15 is 0 Å². The average molecular weight is 523 g/mol. The first-order chi connectivity index (χ1) is 18.1. The molecule has 0 radical (unpaired) electrons. The largest absolute Gasteiger partial charge is 0.460 e. The number of benzene rings is 2. The highest BCUT2D eigenvalue weighted by Gasteiger charge is 2.62. The molecule has 1 N–H and O–H groups in total. The molecule has 1 aliphatic carbocycles. The van der Waals surface area contributed by atoms with E-state index in [1.54, 1.807) is 20.8 Å². The zero-order valence-electron chi connectivity index (χ0n) is 22.7. The second-order valence-corrected chi connectivity index (χ2v) is 11.1. The van der Waals surface area contributed by atoms with E-state index in [0.29, 0.717) is 19.4 Å². The van der Waals surface area contributed by atoms with Crippen molar-refractivity contribution in [3.8, 4) is 0 Å². The van der Waals surface area contributed by atoms with Crippen molar-refractivity contribution in [3.05, 3.63) is 60.7 Å². The fourth-order valence-corrected chi connectivity index (χ4v) is 5.16. The molecule has 0 spiro atoms. The predicted octanol–water partition coefficient (Wildman–Crippen LogP) is 4.75. The molecule has 2 aromatic carbocycles. The Hall–Kier alpha value is -3.39. The maximum atomic E-state index is 13.6. The molecule has 0 unspecified atom stereocenters. The molecular weight excluding hydrogens is 484 g/mol. The molecule has 8 nitrogen and oxygen atoms in total. The van der Waals surface area contributed by atoms with E-state index in [1.807, 2.05) is 31.2 Å². The number of hydrogen-bond donors (Lipinski definition) is 1. The van der Waals surface area contributed by atoms with Crippen molar-refractivity contribution < 1.29 is 28.6 Å². The zero-order chi connectivity index (χ0) is 27.5. The van der Waals surface area contributed by atoms with E-state index in [1.165, 1.54) is 11.0 Å². The van der Waals surface area contributed by atoms with Crippen LogP contribution in [0.15, 0.2) is 55.1 Å². The topological polar surface area (TPSA) is 94.2 Å². The normalized spacial score (nSPS) is 24.6. The number of amides is 2. The molecule has 2 fully saturated rings. The van der Waals surface area contributed by atoms with E-state index in [0.717, 1.165) is 22.8 Å². The summed E-state index contributed by atoms with van der Waals surface area (Å²) in [5.41, 5.74) is -0.761. The van der Waals surface area contributed by atoms with Gasteiger partial charge in [0.1, 0.15) is 23.8 Å². The number of ether oxygens (including phenoxy) is 3.